The Bertz CT molecular complexity index is 833. The fourth-order valence-electron chi connectivity index (χ4n) is 3.90. The Balaban J connectivity index is 1.51. The van der Waals surface area contributed by atoms with Crippen LogP contribution in [0.3, 0.4) is 0 Å². The van der Waals surface area contributed by atoms with Crippen molar-refractivity contribution in [2.24, 2.45) is 4.99 Å². The van der Waals surface area contributed by atoms with E-state index in [1.807, 2.05) is 24.3 Å². The van der Waals surface area contributed by atoms with Crippen LogP contribution in [0.15, 0.2) is 53.5 Å². The van der Waals surface area contributed by atoms with Gasteiger partial charge in [-0.25, -0.2) is 4.99 Å². The van der Waals surface area contributed by atoms with Crippen molar-refractivity contribution in [3.05, 3.63) is 59.7 Å². The van der Waals surface area contributed by atoms with Gasteiger partial charge in [0.15, 0.2) is 17.5 Å². The molecule has 29 heavy (non-hydrogen) atoms. The van der Waals surface area contributed by atoms with Gasteiger partial charge in [0.05, 0.1) is 6.54 Å². The van der Waals surface area contributed by atoms with Crippen LogP contribution < -0.4 is 20.1 Å². The van der Waals surface area contributed by atoms with Crippen LogP contribution in [0.5, 0.6) is 11.5 Å². The van der Waals surface area contributed by atoms with E-state index >= 15 is 0 Å². The smallest absolute Gasteiger partial charge is 0.231 e. The molecule has 2 aliphatic rings. The number of benzene rings is 2. The molecule has 0 spiro atoms. The van der Waals surface area contributed by atoms with Crippen LogP contribution >= 0.6 is 0 Å². The summed E-state index contributed by atoms with van der Waals surface area (Å²) in [4.78, 5) is 4.77. The first kappa shape index (κ1) is 19.6. The second kappa shape index (κ2) is 9.18. The summed E-state index contributed by atoms with van der Waals surface area (Å²) in [6.07, 6.45) is 1.91. The van der Waals surface area contributed by atoms with Crippen LogP contribution in [0.2, 0.25) is 0 Å². The molecule has 0 aromatic heterocycles. The number of ether oxygens (including phenoxy) is 3. The van der Waals surface area contributed by atoms with Crippen LogP contribution in [0.4, 0.5) is 0 Å². The molecule has 154 valence electrons. The van der Waals surface area contributed by atoms with Crippen molar-refractivity contribution in [2.45, 2.75) is 31.7 Å². The summed E-state index contributed by atoms with van der Waals surface area (Å²) in [5.41, 5.74) is 2.43. The zero-order valence-corrected chi connectivity index (χ0v) is 16.9. The van der Waals surface area contributed by atoms with Gasteiger partial charge in [0.25, 0.3) is 0 Å². The highest BCUT2D eigenvalue weighted by atomic mass is 16.7. The van der Waals surface area contributed by atoms with Gasteiger partial charge in [-0.05, 0) is 43.0 Å². The van der Waals surface area contributed by atoms with Crippen LogP contribution in [-0.4, -0.2) is 39.1 Å². The first-order valence-electron chi connectivity index (χ1n) is 10.3. The molecule has 0 radical (unpaired) electrons. The standard InChI is InChI=1S/C23H29N3O3/c1-2-24-22(25-15-18-6-4-3-5-7-18)26-16-23(10-12-27-13-11-23)19-8-9-20-21(14-19)29-17-28-20/h3-9,14H,2,10-13,15-17H2,1H3,(H2,24,25,26). The van der Waals surface area contributed by atoms with Gasteiger partial charge in [-0.15, -0.1) is 0 Å². The maximum Gasteiger partial charge on any atom is 0.231 e. The predicted molar refractivity (Wildman–Crippen MR) is 114 cm³/mol. The van der Waals surface area contributed by atoms with Crippen LogP contribution in [-0.2, 0) is 16.7 Å². The molecule has 0 aliphatic carbocycles. The third kappa shape index (κ3) is 4.65. The van der Waals surface area contributed by atoms with Crippen molar-refractivity contribution in [1.82, 2.24) is 10.6 Å². The molecule has 6 heteroatoms. The highest BCUT2D eigenvalue weighted by Crippen LogP contribution is 2.40. The Morgan fingerprint density at radius 2 is 1.79 bits per heavy atom. The van der Waals surface area contributed by atoms with Gasteiger partial charge in [0.2, 0.25) is 6.79 Å². The Kier molecular flexibility index (Phi) is 6.20. The summed E-state index contributed by atoms with van der Waals surface area (Å²) >= 11 is 0. The van der Waals surface area contributed by atoms with Gasteiger partial charge in [-0.1, -0.05) is 36.4 Å². The molecule has 0 unspecified atom stereocenters. The molecule has 6 nitrogen and oxygen atoms in total. The molecular weight excluding hydrogens is 366 g/mol. The second-order valence-corrected chi connectivity index (χ2v) is 7.50. The van der Waals surface area contributed by atoms with Crippen molar-refractivity contribution in [3.63, 3.8) is 0 Å². The summed E-state index contributed by atoms with van der Waals surface area (Å²) in [5.74, 6) is 2.49. The fraction of sp³-hybridized carbons (Fsp3) is 0.435. The zero-order chi connectivity index (χ0) is 19.9. The second-order valence-electron chi connectivity index (χ2n) is 7.50. The van der Waals surface area contributed by atoms with Crippen LogP contribution in [0, 0.1) is 0 Å². The highest BCUT2D eigenvalue weighted by Gasteiger charge is 2.35. The molecule has 2 N–H and O–H groups in total. The molecule has 2 heterocycles. The number of rotatable bonds is 6. The first-order chi connectivity index (χ1) is 14.3. The van der Waals surface area contributed by atoms with E-state index in [4.69, 9.17) is 19.2 Å². The largest absolute Gasteiger partial charge is 0.454 e. The molecule has 4 rings (SSSR count). The molecule has 1 fully saturated rings. The average Bonchev–Trinajstić information content (AvgIpc) is 3.25. The van der Waals surface area contributed by atoms with Crippen molar-refractivity contribution in [3.8, 4) is 11.5 Å². The Morgan fingerprint density at radius 3 is 2.59 bits per heavy atom. The van der Waals surface area contributed by atoms with Gasteiger partial charge < -0.3 is 24.8 Å². The molecule has 0 amide bonds. The average molecular weight is 396 g/mol. The van der Waals surface area contributed by atoms with E-state index in [0.29, 0.717) is 13.3 Å². The minimum absolute atomic E-state index is 0.0256. The van der Waals surface area contributed by atoms with Crippen molar-refractivity contribution < 1.29 is 14.2 Å². The summed E-state index contributed by atoms with van der Waals surface area (Å²) in [6.45, 7) is 6.15. The van der Waals surface area contributed by atoms with E-state index in [-0.39, 0.29) is 5.41 Å². The van der Waals surface area contributed by atoms with Crippen molar-refractivity contribution >= 4 is 5.96 Å². The topological polar surface area (TPSA) is 64.1 Å². The quantitative estimate of drug-likeness (QED) is 0.581. The summed E-state index contributed by atoms with van der Waals surface area (Å²) in [5, 5.41) is 6.94. The number of fused-ring (bicyclic) bond motifs is 1. The van der Waals surface area contributed by atoms with Gasteiger partial charge in [-0.2, -0.15) is 0 Å². The minimum Gasteiger partial charge on any atom is -0.454 e. The lowest BCUT2D eigenvalue weighted by Crippen LogP contribution is -2.48. The monoisotopic (exact) mass is 395 g/mol. The molecule has 0 atom stereocenters. The maximum atomic E-state index is 5.67. The van der Waals surface area contributed by atoms with Crippen molar-refractivity contribution in [1.29, 1.82) is 0 Å². The van der Waals surface area contributed by atoms with E-state index in [1.165, 1.54) is 11.1 Å². The summed E-state index contributed by atoms with van der Waals surface area (Å²) in [6, 6.07) is 16.6. The SMILES string of the molecule is CCNC(=NCc1ccccc1)NCC1(c2ccc3c(c2)OCO3)CCOCC1. The van der Waals surface area contributed by atoms with Gasteiger partial charge in [0, 0.05) is 31.7 Å². The molecule has 2 aliphatic heterocycles. The predicted octanol–water partition coefficient (Wildman–Crippen LogP) is 3.22. The lowest BCUT2D eigenvalue weighted by molar-refractivity contribution is 0.0513. The normalized spacial score (nSPS) is 17.8. The molecule has 0 bridgehead atoms. The van der Waals surface area contributed by atoms with E-state index in [9.17, 15) is 0 Å². The number of hydrogen-bond acceptors (Lipinski definition) is 4. The van der Waals surface area contributed by atoms with Gasteiger partial charge in [0.1, 0.15) is 0 Å². The minimum atomic E-state index is -0.0256. The number of nitrogens with zero attached hydrogens (tertiary/aromatic N) is 1. The molecule has 2 aromatic carbocycles. The van der Waals surface area contributed by atoms with Crippen LogP contribution in [0.25, 0.3) is 0 Å². The van der Waals surface area contributed by atoms with Crippen LogP contribution in [0.1, 0.15) is 30.9 Å². The lowest BCUT2D eigenvalue weighted by atomic mass is 9.74. The van der Waals surface area contributed by atoms with E-state index < -0.39 is 0 Å². The Labute approximate surface area is 172 Å². The third-order valence-corrected chi connectivity index (χ3v) is 5.64. The maximum absolute atomic E-state index is 5.67. The Morgan fingerprint density at radius 1 is 1.00 bits per heavy atom. The van der Waals surface area contributed by atoms with Crippen molar-refractivity contribution in [2.75, 3.05) is 33.1 Å². The van der Waals surface area contributed by atoms with E-state index in [1.54, 1.807) is 0 Å². The summed E-state index contributed by atoms with van der Waals surface area (Å²) in [7, 11) is 0. The third-order valence-electron chi connectivity index (χ3n) is 5.64. The lowest BCUT2D eigenvalue weighted by Gasteiger charge is -2.38. The zero-order valence-electron chi connectivity index (χ0n) is 16.9. The van der Waals surface area contributed by atoms with Gasteiger partial charge >= 0.3 is 0 Å². The molecular formula is C23H29N3O3. The summed E-state index contributed by atoms with van der Waals surface area (Å²) < 4.78 is 16.8. The fourth-order valence-corrected chi connectivity index (χ4v) is 3.90. The van der Waals surface area contributed by atoms with E-state index in [2.05, 4.69) is 41.8 Å². The number of aliphatic imine (C=N–C) groups is 1. The first-order valence-corrected chi connectivity index (χ1v) is 10.3. The number of nitrogens with one attached hydrogen (secondary N) is 2. The number of guanidine groups is 1. The molecule has 1 saturated heterocycles. The highest BCUT2D eigenvalue weighted by molar-refractivity contribution is 5.79. The Hall–Kier alpha value is -2.73. The molecule has 2 aromatic rings. The van der Waals surface area contributed by atoms with Gasteiger partial charge in [-0.3, -0.25) is 0 Å². The molecule has 0 saturated carbocycles. The number of hydrogen-bond donors (Lipinski definition) is 2. The van der Waals surface area contributed by atoms with E-state index in [0.717, 1.165) is 56.6 Å².